The van der Waals surface area contributed by atoms with Crippen LogP contribution in [0.1, 0.15) is 59.3 Å². The van der Waals surface area contributed by atoms with Crippen LogP contribution in [-0.2, 0) is 0 Å². The topological polar surface area (TPSA) is 3.24 Å². The smallest absolute Gasteiger partial charge is 0.00218 e. The molecular formula is C13H29N. The van der Waals surface area contributed by atoms with Gasteiger partial charge in [-0.25, -0.2) is 0 Å². The fourth-order valence-electron chi connectivity index (χ4n) is 1.78. The van der Waals surface area contributed by atoms with E-state index in [9.17, 15) is 0 Å². The van der Waals surface area contributed by atoms with Gasteiger partial charge in [0.25, 0.3) is 0 Å². The highest BCUT2D eigenvalue weighted by molar-refractivity contribution is 4.52. The lowest BCUT2D eigenvalue weighted by Crippen LogP contribution is -2.20. The Morgan fingerprint density at radius 3 is 2.14 bits per heavy atom. The molecule has 0 saturated carbocycles. The Balaban J connectivity index is 3.05. The Bertz CT molecular complexity index is 110. The fourth-order valence-corrected chi connectivity index (χ4v) is 1.78. The molecule has 0 rings (SSSR count). The van der Waals surface area contributed by atoms with Crippen molar-refractivity contribution in [3.05, 3.63) is 0 Å². The third-order valence-corrected chi connectivity index (χ3v) is 2.68. The van der Waals surface area contributed by atoms with Crippen LogP contribution >= 0.6 is 0 Å². The van der Waals surface area contributed by atoms with Crippen molar-refractivity contribution in [1.29, 1.82) is 0 Å². The first-order valence-corrected chi connectivity index (χ1v) is 6.35. The molecule has 1 nitrogen and oxygen atoms in total. The van der Waals surface area contributed by atoms with Crippen LogP contribution in [0.25, 0.3) is 0 Å². The molecule has 0 atom stereocenters. The summed E-state index contributed by atoms with van der Waals surface area (Å²) in [5.41, 5.74) is 0. The molecule has 0 aliphatic rings. The molecule has 0 saturated heterocycles. The highest BCUT2D eigenvalue weighted by Gasteiger charge is 1.97. The van der Waals surface area contributed by atoms with E-state index >= 15 is 0 Å². The molecule has 0 aromatic heterocycles. The molecule has 0 bridgehead atoms. The molecule has 0 heterocycles. The summed E-state index contributed by atoms with van der Waals surface area (Å²) in [6, 6.07) is 0. The Labute approximate surface area is 90.9 Å². The Kier molecular flexibility index (Phi) is 9.49. The molecule has 0 aromatic carbocycles. The lowest BCUT2D eigenvalue weighted by molar-refractivity contribution is 0.323. The molecule has 0 N–H and O–H groups in total. The number of hydrogen-bond donors (Lipinski definition) is 0. The summed E-state index contributed by atoms with van der Waals surface area (Å²) in [5.74, 6) is 0.887. The molecule has 0 aliphatic carbocycles. The molecule has 0 fully saturated rings. The molecule has 0 amide bonds. The molecular weight excluding hydrogens is 170 g/mol. The van der Waals surface area contributed by atoms with E-state index in [0.717, 1.165) is 5.92 Å². The molecule has 0 spiro atoms. The molecule has 0 aliphatic heterocycles. The predicted octanol–water partition coefficient (Wildman–Crippen LogP) is 3.93. The van der Waals surface area contributed by atoms with Crippen LogP contribution in [0.15, 0.2) is 0 Å². The minimum absolute atomic E-state index is 0.887. The predicted molar refractivity (Wildman–Crippen MR) is 65.7 cm³/mol. The van der Waals surface area contributed by atoms with Crippen LogP contribution in [0.5, 0.6) is 0 Å². The van der Waals surface area contributed by atoms with Crippen molar-refractivity contribution in [2.45, 2.75) is 59.3 Å². The third-order valence-electron chi connectivity index (χ3n) is 2.68. The van der Waals surface area contributed by atoms with Gasteiger partial charge in [0.2, 0.25) is 0 Å². The quantitative estimate of drug-likeness (QED) is 0.508. The van der Waals surface area contributed by atoms with Gasteiger partial charge < -0.3 is 4.90 Å². The van der Waals surface area contributed by atoms with Gasteiger partial charge in [-0.3, -0.25) is 0 Å². The maximum atomic E-state index is 2.45. The number of rotatable bonds is 9. The molecule has 0 unspecified atom stereocenters. The van der Waals surface area contributed by atoms with E-state index in [1.165, 1.54) is 51.6 Å². The van der Waals surface area contributed by atoms with E-state index in [2.05, 4.69) is 32.7 Å². The van der Waals surface area contributed by atoms with Gasteiger partial charge in [-0.1, -0.05) is 46.5 Å². The van der Waals surface area contributed by atoms with Crippen LogP contribution < -0.4 is 0 Å². The van der Waals surface area contributed by atoms with Gasteiger partial charge in [0.15, 0.2) is 0 Å². The van der Waals surface area contributed by atoms with E-state index in [1.54, 1.807) is 0 Å². The van der Waals surface area contributed by atoms with Crippen LogP contribution in [0.3, 0.4) is 0 Å². The molecule has 1 heteroatoms. The maximum absolute atomic E-state index is 2.45. The zero-order valence-electron chi connectivity index (χ0n) is 10.7. The zero-order chi connectivity index (χ0) is 10.8. The van der Waals surface area contributed by atoms with Crippen molar-refractivity contribution in [1.82, 2.24) is 4.90 Å². The second-order valence-electron chi connectivity index (χ2n) is 4.90. The van der Waals surface area contributed by atoms with Gasteiger partial charge in [0, 0.05) is 0 Å². The lowest BCUT2D eigenvalue weighted by atomic mass is 10.0. The van der Waals surface area contributed by atoms with E-state index in [1.807, 2.05) is 0 Å². The van der Waals surface area contributed by atoms with E-state index < -0.39 is 0 Å². The minimum Gasteiger partial charge on any atom is -0.306 e. The second kappa shape index (κ2) is 9.51. The molecule has 0 radical (unpaired) electrons. The van der Waals surface area contributed by atoms with Crippen molar-refractivity contribution in [3.8, 4) is 0 Å². The van der Waals surface area contributed by atoms with Crippen LogP contribution in [0.2, 0.25) is 0 Å². The summed E-state index contributed by atoms with van der Waals surface area (Å²) in [7, 11) is 2.23. The van der Waals surface area contributed by atoms with E-state index in [4.69, 9.17) is 0 Å². The van der Waals surface area contributed by atoms with Gasteiger partial charge in [-0.2, -0.15) is 0 Å². The van der Waals surface area contributed by atoms with Crippen molar-refractivity contribution in [2.75, 3.05) is 20.1 Å². The third kappa shape index (κ3) is 10.0. The Morgan fingerprint density at radius 1 is 0.929 bits per heavy atom. The van der Waals surface area contributed by atoms with Crippen molar-refractivity contribution in [2.24, 2.45) is 5.92 Å². The summed E-state index contributed by atoms with van der Waals surface area (Å²) in [4.78, 5) is 2.45. The van der Waals surface area contributed by atoms with Crippen molar-refractivity contribution < 1.29 is 0 Å². The standard InChI is InChI=1S/C13H29N/c1-5-11-14(4)12-9-7-6-8-10-13(2)3/h13H,5-12H2,1-4H3. The van der Waals surface area contributed by atoms with E-state index in [0.29, 0.717) is 0 Å². The van der Waals surface area contributed by atoms with Gasteiger partial charge in [0.05, 0.1) is 0 Å². The van der Waals surface area contributed by atoms with E-state index in [-0.39, 0.29) is 0 Å². The molecule has 86 valence electrons. The second-order valence-corrected chi connectivity index (χ2v) is 4.90. The largest absolute Gasteiger partial charge is 0.306 e. The maximum Gasteiger partial charge on any atom is -0.00218 e. The Morgan fingerprint density at radius 2 is 1.57 bits per heavy atom. The van der Waals surface area contributed by atoms with Gasteiger partial charge in [0.1, 0.15) is 0 Å². The molecule has 0 aromatic rings. The van der Waals surface area contributed by atoms with Crippen LogP contribution in [0.4, 0.5) is 0 Å². The lowest BCUT2D eigenvalue weighted by Gasteiger charge is -2.14. The Hall–Kier alpha value is -0.0400. The summed E-state index contributed by atoms with van der Waals surface area (Å²) in [5, 5.41) is 0. The highest BCUT2D eigenvalue weighted by Crippen LogP contribution is 2.09. The van der Waals surface area contributed by atoms with Crippen LogP contribution in [0, 0.1) is 5.92 Å². The normalized spacial score (nSPS) is 11.6. The van der Waals surface area contributed by atoms with Gasteiger partial charge >= 0.3 is 0 Å². The minimum atomic E-state index is 0.887. The average Bonchev–Trinajstić information content (AvgIpc) is 2.11. The van der Waals surface area contributed by atoms with Gasteiger partial charge in [-0.15, -0.1) is 0 Å². The SMILES string of the molecule is CCCN(C)CCCCCCC(C)C. The summed E-state index contributed by atoms with van der Waals surface area (Å²) in [6.07, 6.45) is 8.34. The first kappa shape index (κ1) is 14.0. The zero-order valence-corrected chi connectivity index (χ0v) is 10.7. The summed E-state index contributed by atoms with van der Waals surface area (Å²) in [6.45, 7) is 9.42. The van der Waals surface area contributed by atoms with Crippen molar-refractivity contribution in [3.63, 3.8) is 0 Å². The first-order chi connectivity index (χ1) is 6.66. The summed E-state index contributed by atoms with van der Waals surface area (Å²) < 4.78 is 0. The number of unbranched alkanes of at least 4 members (excludes halogenated alkanes) is 3. The highest BCUT2D eigenvalue weighted by atomic mass is 15.1. The number of hydrogen-bond acceptors (Lipinski definition) is 1. The first-order valence-electron chi connectivity index (χ1n) is 6.35. The number of nitrogens with zero attached hydrogens (tertiary/aromatic N) is 1. The monoisotopic (exact) mass is 199 g/mol. The van der Waals surface area contributed by atoms with Gasteiger partial charge in [-0.05, 0) is 38.9 Å². The average molecular weight is 199 g/mol. The summed E-state index contributed by atoms with van der Waals surface area (Å²) >= 11 is 0. The fraction of sp³-hybridized carbons (Fsp3) is 1.00. The van der Waals surface area contributed by atoms with Crippen molar-refractivity contribution >= 4 is 0 Å². The molecule has 14 heavy (non-hydrogen) atoms. The van der Waals surface area contributed by atoms with Crippen LogP contribution in [-0.4, -0.2) is 25.0 Å².